The van der Waals surface area contributed by atoms with Gasteiger partial charge in [0.2, 0.25) is 0 Å². The molecule has 0 aliphatic carbocycles. The van der Waals surface area contributed by atoms with E-state index in [2.05, 4.69) is 42.5 Å². The molecule has 4 heteroatoms. The number of nitrogens with one attached hydrogen (secondary N) is 1. The quantitative estimate of drug-likeness (QED) is 0.878. The van der Waals surface area contributed by atoms with Gasteiger partial charge in [-0.1, -0.05) is 19.1 Å². The van der Waals surface area contributed by atoms with Crippen molar-refractivity contribution in [3.05, 3.63) is 47.8 Å². The highest BCUT2D eigenvalue weighted by Crippen LogP contribution is 2.23. The van der Waals surface area contributed by atoms with Crippen LogP contribution in [0.2, 0.25) is 0 Å². The second-order valence-corrected chi connectivity index (χ2v) is 5.00. The summed E-state index contributed by atoms with van der Waals surface area (Å²) in [6.45, 7) is 4.36. The van der Waals surface area contributed by atoms with E-state index in [-0.39, 0.29) is 6.04 Å². The van der Waals surface area contributed by atoms with Gasteiger partial charge in [0.25, 0.3) is 0 Å². The minimum Gasteiger partial charge on any atom is -0.497 e. The van der Waals surface area contributed by atoms with Crippen LogP contribution in [0.3, 0.4) is 0 Å². The Morgan fingerprint density at radius 1 is 1.25 bits per heavy atom. The van der Waals surface area contributed by atoms with Crippen LogP contribution in [0.25, 0.3) is 0 Å². The van der Waals surface area contributed by atoms with Gasteiger partial charge in [0.1, 0.15) is 5.75 Å². The summed E-state index contributed by atoms with van der Waals surface area (Å²) in [6, 6.07) is 10.9. The topological polar surface area (TPSA) is 39.1 Å². The zero-order valence-electron chi connectivity index (χ0n) is 12.6. The Kier molecular flexibility index (Phi) is 4.79. The molecule has 2 rings (SSSR count). The summed E-state index contributed by atoms with van der Waals surface area (Å²) in [6.07, 6.45) is 2.87. The first kappa shape index (κ1) is 14.6. The maximum absolute atomic E-state index is 5.21. The molecule has 2 atom stereocenters. The third kappa shape index (κ3) is 3.20. The SMILES string of the molecule is CCC(NC(C)c1ccnn1C)c1ccc(OC)cc1. The number of rotatable bonds is 6. The molecule has 0 radical (unpaired) electrons. The molecule has 0 saturated carbocycles. The van der Waals surface area contributed by atoms with Gasteiger partial charge in [-0.05, 0) is 37.1 Å². The second-order valence-electron chi connectivity index (χ2n) is 5.00. The van der Waals surface area contributed by atoms with Crippen LogP contribution in [0.5, 0.6) is 5.75 Å². The van der Waals surface area contributed by atoms with E-state index in [0.717, 1.165) is 12.2 Å². The highest BCUT2D eigenvalue weighted by atomic mass is 16.5. The molecule has 0 amide bonds. The third-order valence-corrected chi connectivity index (χ3v) is 3.68. The summed E-state index contributed by atoms with van der Waals surface area (Å²) in [5.41, 5.74) is 2.47. The van der Waals surface area contributed by atoms with Crippen LogP contribution in [-0.4, -0.2) is 16.9 Å². The maximum atomic E-state index is 5.21. The molecule has 0 saturated heterocycles. The van der Waals surface area contributed by atoms with Gasteiger partial charge < -0.3 is 10.1 Å². The van der Waals surface area contributed by atoms with Crippen LogP contribution < -0.4 is 10.1 Å². The van der Waals surface area contributed by atoms with Crippen LogP contribution in [0, 0.1) is 0 Å². The average molecular weight is 273 g/mol. The molecule has 0 aliphatic rings. The zero-order chi connectivity index (χ0) is 14.5. The summed E-state index contributed by atoms with van der Waals surface area (Å²) < 4.78 is 7.12. The van der Waals surface area contributed by atoms with Gasteiger partial charge in [0.15, 0.2) is 0 Å². The Labute approximate surface area is 120 Å². The Balaban J connectivity index is 2.10. The lowest BCUT2D eigenvalue weighted by molar-refractivity contribution is 0.412. The van der Waals surface area contributed by atoms with Gasteiger partial charge in [-0.25, -0.2) is 0 Å². The number of benzene rings is 1. The van der Waals surface area contributed by atoms with Crippen molar-refractivity contribution in [3.63, 3.8) is 0 Å². The van der Waals surface area contributed by atoms with Crippen LogP contribution in [0.4, 0.5) is 0 Å². The predicted octanol–water partition coefficient (Wildman–Crippen LogP) is 3.23. The van der Waals surface area contributed by atoms with Gasteiger partial charge in [-0.15, -0.1) is 0 Å². The van der Waals surface area contributed by atoms with Crippen LogP contribution >= 0.6 is 0 Å². The van der Waals surface area contributed by atoms with E-state index in [4.69, 9.17) is 4.74 Å². The van der Waals surface area contributed by atoms with E-state index in [1.165, 1.54) is 11.3 Å². The van der Waals surface area contributed by atoms with Crippen LogP contribution in [0.15, 0.2) is 36.5 Å². The average Bonchev–Trinajstić information content (AvgIpc) is 2.91. The summed E-state index contributed by atoms with van der Waals surface area (Å²) in [5, 5.41) is 7.89. The lowest BCUT2D eigenvalue weighted by atomic mass is 10.0. The van der Waals surface area contributed by atoms with Crippen LogP contribution in [-0.2, 0) is 7.05 Å². The fourth-order valence-corrected chi connectivity index (χ4v) is 2.48. The van der Waals surface area contributed by atoms with Gasteiger partial charge in [-0.3, -0.25) is 4.68 Å². The zero-order valence-corrected chi connectivity index (χ0v) is 12.6. The van der Waals surface area contributed by atoms with Crippen molar-refractivity contribution in [2.45, 2.75) is 32.4 Å². The van der Waals surface area contributed by atoms with Gasteiger partial charge >= 0.3 is 0 Å². The maximum Gasteiger partial charge on any atom is 0.118 e. The highest BCUT2D eigenvalue weighted by Gasteiger charge is 2.15. The molecular weight excluding hydrogens is 250 g/mol. The molecule has 20 heavy (non-hydrogen) atoms. The number of hydrogen-bond acceptors (Lipinski definition) is 3. The Morgan fingerprint density at radius 2 is 1.95 bits per heavy atom. The number of aromatic nitrogens is 2. The standard InChI is InChI=1S/C16H23N3O/c1-5-15(13-6-8-14(20-4)9-7-13)18-12(2)16-10-11-17-19(16)3/h6-12,15,18H,5H2,1-4H3. The van der Waals surface area contributed by atoms with Crippen molar-refractivity contribution in [2.75, 3.05) is 7.11 Å². The van der Waals surface area contributed by atoms with E-state index in [1.807, 2.05) is 30.1 Å². The molecule has 2 aromatic rings. The number of ether oxygens (including phenoxy) is 1. The van der Waals surface area contributed by atoms with E-state index in [9.17, 15) is 0 Å². The van der Waals surface area contributed by atoms with Crippen molar-refractivity contribution in [1.29, 1.82) is 0 Å². The van der Waals surface area contributed by atoms with E-state index in [0.29, 0.717) is 6.04 Å². The molecule has 0 bridgehead atoms. The molecule has 0 aliphatic heterocycles. The van der Waals surface area contributed by atoms with Gasteiger partial charge in [0.05, 0.1) is 12.8 Å². The smallest absolute Gasteiger partial charge is 0.118 e. The highest BCUT2D eigenvalue weighted by molar-refractivity contribution is 5.29. The first-order valence-electron chi connectivity index (χ1n) is 7.03. The lowest BCUT2D eigenvalue weighted by Gasteiger charge is -2.23. The fraction of sp³-hybridized carbons (Fsp3) is 0.438. The molecule has 2 unspecified atom stereocenters. The third-order valence-electron chi connectivity index (χ3n) is 3.68. The Hall–Kier alpha value is -1.81. The number of nitrogens with zero attached hydrogens (tertiary/aromatic N) is 2. The van der Waals surface area contributed by atoms with E-state index < -0.39 is 0 Å². The molecule has 108 valence electrons. The minimum atomic E-state index is 0.259. The van der Waals surface area contributed by atoms with Crippen molar-refractivity contribution in [1.82, 2.24) is 15.1 Å². The summed E-state index contributed by atoms with van der Waals surface area (Å²) in [5.74, 6) is 0.892. The Morgan fingerprint density at radius 3 is 2.45 bits per heavy atom. The summed E-state index contributed by atoms with van der Waals surface area (Å²) in [7, 11) is 3.66. The minimum absolute atomic E-state index is 0.259. The van der Waals surface area contributed by atoms with Gasteiger partial charge in [-0.2, -0.15) is 5.10 Å². The monoisotopic (exact) mass is 273 g/mol. The molecule has 1 aromatic heterocycles. The normalized spacial score (nSPS) is 14.0. The van der Waals surface area contributed by atoms with Crippen molar-refractivity contribution < 1.29 is 4.74 Å². The molecule has 4 nitrogen and oxygen atoms in total. The molecule has 0 fully saturated rings. The number of methoxy groups -OCH3 is 1. The number of hydrogen-bond donors (Lipinski definition) is 1. The van der Waals surface area contributed by atoms with E-state index in [1.54, 1.807) is 7.11 Å². The molecule has 1 aromatic carbocycles. The molecule has 1 N–H and O–H groups in total. The molecule has 0 spiro atoms. The van der Waals surface area contributed by atoms with Crippen LogP contribution in [0.1, 0.15) is 43.6 Å². The lowest BCUT2D eigenvalue weighted by Crippen LogP contribution is -2.25. The Bertz CT molecular complexity index is 533. The first-order valence-corrected chi connectivity index (χ1v) is 7.03. The van der Waals surface area contributed by atoms with E-state index >= 15 is 0 Å². The predicted molar refractivity (Wildman–Crippen MR) is 80.8 cm³/mol. The summed E-state index contributed by atoms with van der Waals surface area (Å²) in [4.78, 5) is 0. The summed E-state index contributed by atoms with van der Waals surface area (Å²) >= 11 is 0. The largest absolute Gasteiger partial charge is 0.497 e. The first-order chi connectivity index (χ1) is 9.65. The van der Waals surface area contributed by atoms with Crippen molar-refractivity contribution in [2.24, 2.45) is 7.05 Å². The second kappa shape index (κ2) is 6.57. The van der Waals surface area contributed by atoms with Crippen molar-refractivity contribution >= 4 is 0 Å². The molecule has 1 heterocycles. The van der Waals surface area contributed by atoms with Crippen molar-refractivity contribution in [3.8, 4) is 5.75 Å². The fourth-order valence-electron chi connectivity index (χ4n) is 2.48. The number of aryl methyl sites for hydroxylation is 1. The molecular formula is C16H23N3O. The van der Waals surface area contributed by atoms with Gasteiger partial charge in [0, 0.05) is 25.3 Å².